The molecule has 0 bridgehead atoms. The van der Waals surface area contributed by atoms with Crippen LogP contribution in [0.15, 0.2) is 18.2 Å². The zero-order valence-electron chi connectivity index (χ0n) is 9.38. The Kier molecular flexibility index (Phi) is 3.49. The maximum Gasteiger partial charge on any atom is 0.287 e. The number of aliphatic hydroxyl groups excluding tert-OH is 1. The van der Waals surface area contributed by atoms with Crippen molar-refractivity contribution in [3.05, 3.63) is 38.9 Å². The summed E-state index contributed by atoms with van der Waals surface area (Å²) >= 11 is 5.74. The number of hydrogen-bond acceptors (Lipinski definition) is 4. The summed E-state index contributed by atoms with van der Waals surface area (Å²) in [6, 6.07) is 3.91. The molecule has 0 aromatic heterocycles. The zero-order valence-corrected chi connectivity index (χ0v) is 10.1. The van der Waals surface area contributed by atoms with E-state index in [1.807, 2.05) is 0 Å². The van der Waals surface area contributed by atoms with Crippen LogP contribution >= 0.6 is 11.6 Å². The Hall–Kier alpha value is -1.66. The van der Waals surface area contributed by atoms with E-state index < -0.39 is 4.92 Å². The molecule has 1 aliphatic heterocycles. The molecule has 7 heteroatoms. The third-order valence-corrected chi connectivity index (χ3v) is 3.20. The van der Waals surface area contributed by atoms with Crippen molar-refractivity contribution in [2.24, 2.45) is 5.92 Å². The SMILES string of the molecule is O=C(c1ccc([N+](=O)[O-])c(Cl)c1)N1CC(CO)C1. The molecule has 0 saturated carbocycles. The fraction of sp³-hybridized carbons (Fsp3) is 0.364. The Morgan fingerprint density at radius 2 is 2.22 bits per heavy atom. The molecule has 2 rings (SSSR count). The molecule has 0 unspecified atom stereocenters. The molecule has 1 aliphatic rings. The van der Waals surface area contributed by atoms with E-state index in [0.717, 1.165) is 0 Å². The van der Waals surface area contributed by atoms with Crippen LogP contribution in [-0.4, -0.2) is 40.5 Å². The number of nitro groups is 1. The van der Waals surface area contributed by atoms with Gasteiger partial charge >= 0.3 is 0 Å². The van der Waals surface area contributed by atoms with E-state index in [1.54, 1.807) is 4.90 Å². The van der Waals surface area contributed by atoms with Crippen molar-refractivity contribution in [3.63, 3.8) is 0 Å². The van der Waals surface area contributed by atoms with Gasteiger partial charge in [0.2, 0.25) is 0 Å². The lowest BCUT2D eigenvalue weighted by molar-refractivity contribution is -0.384. The van der Waals surface area contributed by atoms with Gasteiger partial charge in [0.1, 0.15) is 5.02 Å². The molecule has 1 saturated heterocycles. The first-order chi connectivity index (χ1) is 8.52. The standard InChI is InChI=1S/C11H11ClN2O4/c12-9-3-8(1-2-10(9)14(17)18)11(16)13-4-7(5-13)6-15/h1-3,7,15H,4-6H2. The Morgan fingerprint density at radius 1 is 1.56 bits per heavy atom. The summed E-state index contributed by atoms with van der Waals surface area (Å²) in [5, 5.41) is 19.4. The van der Waals surface area contributed by atoms with Crippen LogP contribution < -0.4 is 0 Å². The van der Waals surface area contributed by atoms with E-state index in [9.17, 15) is 14.9 Å². The summed E-state index contributed by atoms with van der Waals surface area (Å²) in [5.74, 6) is -0.0982. The first-order valence-corrected chi connectivity index (χ1v) is 5.74. The first kappa shape index (κ1) is 12.8. The molecule has 1 N–H and O–H groups in total. The third-order valence-electron chi connectivity index (χ3n) is 2.89. The number of halogens is 1. The number of hydrogen-bond donors (Lipinski definition) is 1. The highest BCUT2D eigenvalue weighted by Gasteiger charge is 2.31. The summed E-state index contributed by atoms with van der Waals surface area (Å²) < 4.78 is 0. The largest absolute Gasteiger partial charge is 0.396 e. The van der Waals surface area contributed by atoms with Crippen molar-refractivity contribution in [3.8, 4) is 0 Å². The number of nitrogens with zero attached hydrogens (tertiary/aromatic N) is 2. The molecule has 0 aliphatic carbocycles. The highest BCUT2D eigenvalue weighted by Crippen LogP contribution is 2.26. The lowest BCUT2D eigenvalue weighted by atomic mass is 10.00. The van der Waals surface area contributed by atoms with Gasteiger partial charge < -0.3 is 10.0 Å². The second-order valence-corrected chi connectivity index (χ2v) is 4.59. The van der Waals surface area contributed by atoms with Crippen LogP contribution in [0.4, 0.5) is 5.69 Å². The quantitative estimate of drug-likeness (QED) is 0.663. The van der Waals surface area contributed by atoms with Crippen molar-refractivity contribution in [2.45, 2.75) is 0 Å². The molecule has 0 radical (unpaired) electrons. The number of amides is 1. The predicted octanol–water partition coefficient (Wildman–Crippen LogP) is 1.31. The van der Waals surface area contributed by atoms with E-state index >= 15 is 0 Å². The number of nitro benzene ring substituents is 1. The van der Waals surface area contributed by atoms with Crippen LogP contribution in [0.2, 0.25) is 5.02 Å². The summed E-state index contributed by atoms with van der Waals surface area (Å²) in [6.07, 6.45) is 0. The van der Waals surface area contributed by atoms with Gasteiger partial charge in [-0.2, -0.15) is 0 Å². The molecule has 0 spiro atoms. The number of likely N-dealkylation sites (tertiary alicyclic amines) is 1. The lowest BCUT2D eigenvalue weighted by Crippen LogP contribution is -2.51. The van der Waals surface area contributed by atoms with Crippen molar-refractivity contribution >= 4 is 23.2 Å². The first-order valence-electron chi connectivity index (χ1n) is 5.37. The van der Waals surface area contributed by atoms with Gasteiger partial charge in [-0.25, -0.2) is 0 Å². The number of aliphatic hydroxyl groups is 1. The van der Waals surface area contributed by atoms with Gasteiger partial charge in [0.05, 0.1) is 4.92 Å². The predicted molar refractivity (Wildman–Crippen MR) is 64.6 cm³/mol. The summed E-state index contributed by atoms with van der Waals surface area (Å²) in [6.45, 7) is 1.07. The van der Waals surface area contributed by atoms with Crippen LogP contribution in [0, 0.1) is 16.0 Å². The molecule has 1 fully saturated rings. The van der Waals surface area contributed by atoms with E-state index in [0.29, 0.717) is 18.7 Å². The molecule has 1 aromatic carbocycles. The Balaban J connectivity index is 2.13. The normalized spacial score (nSPS) is 15.3. The maximum absolute atomic E-state index is 11.9. The average molecular weight is 271 g/mol. The minimum atomic E-state index is -0.595. The highest BCUT2D eigenvalue weighted by atomic mass is 35.5. The topological polar surface area (TPSA) is 83.7 Å². The fourth-order valence-electron chi connectivity index (χ4n) is 1.82. The number of rotatable bonds is 3. The van der Waals surface area contributed by atoms with Gasteiger partial charge in [-0.05, 0) is 12.1 Å². The Bertz CT molecular complexity index is 500. The van der Waals surface area contributed by atoms with Crippen LogP contribution in [-0.2, 0) is 0 Å². The van der Waals surface area contributed by atoms with Crippen LogP contribution in [0.25, 0.3) is 0 Å². The third kappa shape index (κ3) is 2.30. The molecular weight excluding hydrogens is 260 g/mol. The molecule has 96 valence electrons. The lowest BCUT2D eigenvalue weighted by Gasteiger charge is -2.38. The number of carbonyl (C=O) groups excluding carboxylic acids is 1. The summed E-state index contributed by atoms with van der Waals surface area (Å²) in [4.78, 5) is 23.5. The zero-order chi connectivity index (χ0) is 13.3. The molecule has 1 aromatic rings. The monoisotopic (exact) mass is 270 g/mol. The van der Waals surface area contributed by atoms with Gasteiger partial charge in [0, 0.05) is 37.2 Å². The van der Waals surface area contributed by atoms with Crippen LogP contribution in [0.3, 0.4) is 0 Å². The maximum atomic E-state index is 11.9. The molecule has 1 heterocycles. The van der Waals surface area contributed by atoms with Crippen molar-refractivity contribution in [1.29, 1.82) is 0 Å². The molecular formula is C11H11ClN2O4. The highest BCUT2D eigenvalue weighted by molar-refractivity contribution is 6.33. The second kappa shape index (κ2) is 4.91. The van der Waals surface area contributed by atoms with E-state index in [4.69, 9.17) is 16.7 Å². The summed E-state index contributed by atoms with van der Waals surface area (Å²) in [7, 11) is 0. The van der Waals surface area contributed by atoms with E-state index in [-0.39, 0.29) is 29.1 Å². The molecule has 18 heavy (non-hydrogen) atoms. The summed E-state index contributed by atoms with van der Waals surface area (Å²) in [5.41, 5.74) is 0.104. The smallest absolute Gasteiger partial charge is 0.287 e. The average Bonchev–Trinajstić information content (AvgIpc) is 2.26. The minimum absolute atomic E-state index is 0.0509. The number of carbonyl (C=O) groups is 1. The van der Waals surface area contributed by atoms with Gasteiger partial charge in [-0.3, -0.25) is 14.9 Å². The van der Waals surface area contributed by atoms with Crippen LogP contribution in [0.1, 0.15) is 10.4 Å². The van der Waals surface area contributed by atoms with Gasteiger partial charge in [-0.1, -0.05) is 11.6 Å². The van der Waals surface area contributed by atoms with Crippen molar-refractivity contribution in [2.75, 3.05) is 19.7 Å². The molecule has 6 nitrogen and oxygen atoms in total. The van der Waals surface area contributed by atoms with E-state index in [1.165, 1.54) is 18.2 Å². The Labute approximate surface area is 108 Å². The van der Waals surface area contributed by atoms with Gasteiger partial charge in [0.15, 0.2) is 0 Å². The number of benzene rings is 1. The molecule has 0 atom stereocenters. The van der Waals surface area contributed by atoms with E-state index in [2.05, 4.69) is 0 Å². The second-order valence-electron chi connectivity index (χ2n) is 4.18. The Morgan fingerprint density at radius 3 is 2.72 bits per heavy atom. The minimum Gasteiger partial charge on any atom is -0.396 e. The fourth-order valence-corrected chi connectivity index (χ4v) is 2.07. The van der Waals surface area contributed by atoms with Crippen LogP contribution in [0.5, 0.6) is 0 Å². The van der Waals surface area contributed by atoms with Crippen molar-refractivity contribution in [1.82, 2.24) is 4.90 Å². The van der Waals surface area contributed by atoms with Crippen molar-refractivity contribution < 1.29 is 14.8 Å². The van der Waals surface area contributed by atoms with Gasteiger partial charge in [-0.15, -0.1) is 0 Å². The molecule has 1 amide bonds. The van der Waals surface area contributed by atoms with Gasteiger partial charge in [0.25, 0.3) is 11.6 Å².